The van der Waals surface area contributed by atoms with Gasteiger partial charge >= 0.3 is 0 Å². The van der Waals surface area contributed by atoms with Crippen molar-refractivity contribution in [3.05, 3.63) is 77.9 Å². The number of hydrogen-bond acceptors (Lipinski definition) is 2. The smallest absolute Gasteiger partial charge is 0.155 e. The van der Waals surface area contributed by atoms with Gasteiger partial charge in [-0.05, 0) is 29.2 Å². The fourth-order valence-corrected chi connectivity index (χ4v) is 3.53. The van der Waals surface area contributed by atoms with Crippen molar-refractivity contribution in [2.45, 2.75) is 5.66 Å². The van der Waals surface area contributed by atoms with Gasteiger partial charge in [-0.2, -0.15) is 0 Å². The molecule has 3 aromatic rings. The van der Waals surface area contributed by atoms with E-state index in [0.717, 1.165) is 0 Å². The Kier molecular flexibility index (Phi) is 1.92. The van der Waals surface area contributed by atoms with Gasteiger partial charge in [0.1, 0.15) is 0 Å². The molecule has 0 saturated heterocycles. The van der Waals surface area contributed by atoms with Gasteiger partial charge in [0.2, 0.25) is 0 Å². The van der Waals surface area contributed by atoms with Gasteiger partial charge in [0.05, 0.1) is 0 Å². The van der Waals surface area contributed by atoms with E-state index in [1.807, 2.05) is 0 Å². The van der Waals surface area contributed by atoms with E-state index in [2.05, 4.69) is 83.4 Å². The normalized spacial score (nSPS) is 16.6. The van der Waals surface area contributed by atoms with Crippen LogP contribution in [0, 0.1) is 0 Å². The number of anilines is 2. The minimum absolute atomic E-state index is 0.334. The maximum Gasteiger partial charge on any atom is 0.155 e. The number of nitrogens with one attached hydrogen (secondary N) is 2. The van der Waals surface area contributed by atoms with Crippen molar-refractivity contribution in [3.63, 3.8) is 0 Å². The molecule has 1 aliphatic heterocycles. The van der Waals surface area contributed by atoms with E-state index in [-0.39, 0.29) is 5.66 Å². The van der Waals surface area contributed by atoms with Crippen LogP contribution < -0.4 is 10.6 Å². The van der Waals surface area contributed by atoms with Crippen LogP contribution in [0.15, 0.2) is 66.7 Å². The van der Waals surface area contributed by atoms with Gasteiger partial charge in [-0.1, -0.05) is 54.6 Å². The molecule has 1 heterocycles. The Morgan fingerprint density at radius 1 is 0.714 bits per heavy atom. The second-order valence-corrected chi connectivity index (χ2v) is 5.69. The minimum Gasteiger partial charge on any atom is -0.355 e. The molecule has 1 spiro atoms. The lowest BCUT2D eigenvalue weighted by atomic mass is 9.95. The summed E-state index contributed by atoms with van der Waals surface area (Å²) in [6.07, 6.45) is 4.40. The summed E-state index contributed by atoms with van der Waals surface area (Å²) < 4.78 is 0. The summed E-state index contributed by atoms with van der Waals surface area (Å²) in [5.74, 6) is 0. The van der Waals surface area contributed by atoms with Gasteiger partial charge in [-0.15, -0.1) is 0 Å². The highest BCUT2D eigenvalue weighted by Crippen LogP contribution is 2.45. The average molecular weight is 270 g/mol. The van der Waals surface area contributed by atoms with Gasteiger partial charge in [-0.25, -0.2) is 0 Å². The first-order valence-electron chi connectivity index (χ1n) is 7.23. The first kappa shape index (κ1) is 11.0. The predicted molar refractivity (Wildman–Crippen MR) is 88.3 cm³/mol. The first-order valence-corrected chi connectivity index (χ1v) is 7.23. The van der Waals surface area contributed by atoms with Crippen LogP contribution in [0.4, 0.5) is 11.4 Å². The Morgan fingerprint density at radius 2 is 1.43 bits per heavy atom. The summed E-state index contributed by atoms with van der Waals surface area (Å²) in [7, 11) is 0. The van der Waals surface area contributed by atoms with Crippen molar-refractivity contribution in [3.8, 4) is 0 Å². The number of rotatable bonds is 0. The summed E-state index contributed by atoms with van der Waals surface area (Å²) in [5.41, 5.74) is 4.58. The van der Waals surface area contributed by atoms with E-state index in [9.17, 15) is 0 Å². The molecule has 0 aromatic heterocycles. The predicted octanol–water partition coefficient (Wildman–Crippen LogP) is 4.56. The van der Waals surface area contributed by atoms with Crippen molar-refractivity contribution in [2.24, 2.45) is 0 Å². The fourth-order valence-electron chi connectivity index (χ4n) is 3.53. The van der Waals surface area contributed by atoms with E-state index in [0.29, 0.717) is 0 Å². The zero-order chi connectivity index (χ0) is 13.9. The summed E-state index contributed by atoms with van der Waals surface area (Å²) in [4.78, 5) is 0. The van der Waals surface area contributed by atoms with Crippen LogP contribution in [-0.2, 0) is 5.66 Å². The molecule has 0 amide bonds. The molecule has 0 radical (unpaired) electrons. The van der Waals surface area contributed by atoms with Crippen LogP contribution in [0.2, 0.25) is 0 Å². The van der Waals surface area contributed by atoms with Crippen LogP contribution in [-0.4, -0.2) is 0 Å². The molecule has 0 unspecified atom stereocenters. The van der Waals surface area contributed by atoms with E-state index >= 15 is 0 Å². The van der Waals surface area contributed by atoms with Gasteiger partial charge in [0.25, 0.3) is 0 Å². The van der Waals surface area contributed by atoms with E-state index in [1.54, 1.807) is 0 Å². The topological polar surface area (TPSA) is 24.1 Å². The van der Waals surface area contributed by atoms with Gasteiger partial charge in [0, 0.05) is 22.3 Å². The molecule has 0 bridgehead atoms. The molecule has 0 atom stereocenters. The van der Waals surface area contributed by atoms with Crippen LogP contribution in [0.1, 0.15) is 11.1 Å². The molecule has 0 saturated carbocycles. The standard InChI is InChI=1S/C19H14N2/c1-2-8-15-13(5-1)11-12-19(15)20-16-9-3-6-14-7-4-10-17(21-19)18(14)16/h1-12,20-21H. The van der Waals surface area contributed by atoms with Gasteiger partial charge in [-0.3, -0.25) is 0 Å². The second-order valence-electron chi connectivity index (χ2n) is 5.69. The molecule has 3 aromatic carbocycles. The minimum atomic E-state index is -0.334. The lowest BCUT2D eigenvalue weighted by Crippen LogP contribution is -2.42. The molecule has 2 aliphatic rings. The highest BCUT2D eigenvalue weighted by molar-refractivity contribution is 6.05. The zero-order valence-electron chi connectivity index (χ0n) is 11.4. The Balaban J connectivity index is 1.78. The summed E-state index contributed by atoms with van der Waals surface area (Å²) in [5, 5.41) is 9.92. The van der Waals surface area contributed by atoms with E-state index in [1.165, 1.54) is 33.3 Å². The molecule has 2 heteroatoms. The maximum atomic E-state index is 3.69. The number of benzene rings is 3. The molecular weight excluding hydrogens is 256 g/mol. The Hall–Kier alpha value is -2.74. The van der Waals surface area contributed by atoms with Crippen molar-refractivity contribution >= 4 is 28.2 Å². The molecular formula is C19H14N2. The molecule has 5 rings (SSSR count). The van der Waals surface area contributed by atoms with Crippen LogP contribution >= 0.6 is 0 Å². The Bertz CT molecular complexity index is 868. The van der Waals surface area contributed by atoms with Gasteiger partial charge < -0.3 is 10.6 Å². The molecule has 2 nitrogen and oxygen atoms in total. The van der Waals surface area contributed by atoms with Crippen molar-refractivity contribution in [1.29, 1.82) is 0 Å². The lowest BCUT2D eigenvalue weighted by Gasteiger charge is -2.38. The Morgan fingerprint density at radius 3 is 2.19 bits per heavy atom. The number of hydrogen-bond donors (Lipinski definition) is 2. The third-order valence-electron chi connectivity index (χ3n) is 4.47. The molecule has 0 fully saturated rings. The third-order valence-corrected chi connectivity index (χ3v) is 4.47. The molecule has 100 valence electrons. The Labute approximate surface area is 123 Å². The summed E-state index contributed by atoms with van der Waals surface area (Å²) in [6, 6.07) is 21.4. The van der Waals surface area contributed by atoms with Crippen LogP contribution in [0.5, 0.6) is 0 Å². The molecule has 21 heavy (non-hydrogen) atoms. The summed E-state index contributed by atoms with van der Waals surface area (Å²) >= 11 is 0. The second kappa shape index (κ2) is 3.67. The van der Waals surface area contributed by atoms with Gasteiger partial charge in [0.15, 0.2) is 5.66 Å². The largest absolute Gasteiger partial charge is 0.355 e. The zero-order valence-corrected chi connectivity index (χ0v) is 11.4. The van der Waals surface area contributed by atoms with E-state index < -0.39 is 0 Å². The van der Waals surface area contributed by atoms with Crippen LogP contribution in [0.25, 0.3) is 16.8 Å². The molecule has 2 N–H and O–H groups in total. The SMILES string of the molecule is C1=CC2(Nc3cccc4cccc(c34)N2)c2ccccc21. The van der Waals surface area contributed by atoms with Crippen molar-refractivity contribution in [1.82, 2.24) is 0 Å². The quantitative estimate of drug-likeness (QED) is 0.626. The highest BCUT2D eigenvalue weighted by Gasteiger charge is 2.37. The van der Waals surface area contributed by atoms with E-state index in [4.69, 9.17) is 0 Å². The average Bonchev–Trinajstić information content (AvgIpc) is 2.86. The third kappa shape index (κ3) is 1.37. The first-order chi connectivity index (χ1) is 10.4. The van der Waals surface area contributed by atoms with Crippen LogP contribution in [0.3, 0.4) is 0 Å². The highest BCUT2D eigenvalue weighted by atomic mass is 15.2. The van der Waals surface area contributed by atoms with Crippen molar-refractivity contribution in [2.75, 3.05) is 10.6 Å². The summed E-state index contributed by atoms with van der Waals surface area (Å²) in [6.45, 7) is 0. The number of fused-ring (bicyclic) bond motifs is 2. The maximum absolute atomic E-state index is 3.69. The lowest BCUT2D eigenvalue weighted by molar-refractivity contribution is 0.719. The van der Waals surface area contributed by atoms with Crippen molar-refractivity contribution < 1.29 is 0 Å². The fraction of sp³-hybridized carbons (Fsp3) is 0.0526. The molecule has 1 aliphatic carbocycles. The monoisotopic (exact) mass is 270 g/mol.